The normalized spacial score (nSPS) is 17.7. The molecule has 3 aromatic carbocycles. The van der Waals surface area contributed by atoms with Gasteiger partial charge in [0.15, 0.2) is 5.78 Å². The van der Waals surface area contributed by atoms with Gasteiger partial charge >= 0.3 is 5.97 Å². The van der Waals surface area contributed by atoms with E-state index >= 15 is 0 Å². The summed E-state index contributed by atoms with van der Waals surface area (Å²) in [6.45, 7) is 22.3. The van der Waals surface area contributed by atoms with E-state index in [1.54, 1.807) is 12.1 Å². The molecule has 272 valence electrons. The molecule has 7 heteroatoms. The molecule has 51 heavy (non-hydrogen) atoms. The van der Waals surface area contributed by atoms with Crippen LogP contribution in [0.3, 0.4) is 0 Å². The van der Waals surface area contributed by atoms with Crippen LogP contribution in [0.4, 0.5) is 0 Å². The number of allylic oxidation sites excluding steroid dienone is 1. The van der Waals surface area contributed by atoms with Crippen LogP contribution in [-0.4, -0.2) is 72.2 Å². The Hall–Kier alpha value is -3.91. The Morgan fingerprint density at radius 2 is 1.65 bits per heavy atom. The maximum atomic E-state index is 14.6. The smallest absolute Gasteiger partial charge is 0.365 e. The predicted molar refractivity (Wildman–Crippen MR) is 208 cm³/mol. The maximum Gasteiger partial charge on any atom is 0.365 e. The van der Waals surface area contributed by atoms with Gasteiger partial charge in [-0.3, -0.25) is 14.6 Å². The van der Waals surface area contributed by atoms with E-state index in [0.29, 0.717) is 25.2 Å². The Morgan fingerprint density at radius 1 is 0.941 bits per heavy atom. The summed E-state index contributed by atoms with van der Waals surface area (Å²) in [6.07, 6.45) is 7.52. The summed E-state index contributed by atoms with van der Waals surface area (Å²) in [5.41, 5.74) is 8.02. The van der Waals surface area contributed by atoms with Gasteiger partial charge in [0.25, 0.3) is 0 Å². The van der Waals surface area contributed by atoms with Gasteiger partial charge in [-0.2, -0.15) is 0 Å². The average molecular weight is 692 g/mol. The molecule has 0 bridgehead atoms. The van der Waals surface area contributed by atoms with Gasteiger partial charge in [0.2, 0.25) is 0 Å². The second-order valence-corrected chi connectivity index (χ2v) is 14.6. The highest BCUT2D eigenvalue weighted by atomic mass is 16.7. The molecule has 2 aliphatic rings. The van der Waals surface area contributed by atoms with E-state index in [1.807, 2.05) is 24.3 Å². The quantitative estimate of drug-likeness (QED) is 0.0351. The molecular formula is C44H57N3O4. The minimum atomic E-state index is -0.671. The number of carbonyl (C=O) groups excluding carboxylic acids is 2. The van der Waals surface area contributed by atoms with Crippen molar-refractivity contribution < 1.29 is 19.2 Å². The lowest BCUT2D eigenvalue weighted by atomic mass is 9.75. The number of morpholine rings is 1. The number of carbonyl (C=O) groups is 2. The van der Waals surface area contributed by atoms with Crippen molar-refractivity contribution in [1.29, 1.82) is 0 Å². The summed E-state index contributed by atoms with van der Waals surface area (Å²) < 4.78 is 5.63. The van der Waals surface area contributed by atoms with Crippen LogP contribution in [0.1, 0.15) is 123 Å². The van der Waals surface area contributed by atoms with Crippen LogP contribution >= 0.6 is 0 Å². The summed E-state index contributed by atoms with van der Waals surface area (Å²) in [6, 6.07) is 19.9. The Morgan fingerprint density at radius 3 is 2.31 bits per heavy atom. The number of Topliss-reactive ketones (excluding diaryl/α,β-unsaturated/α-hetero) is 1. The molecule has 1 fully saturated rings. The molecule has 1 atom stereocenters. The zero-order valence-electron chi connectivity index (χ0n) is 31.7. The van der Waals surface area contributed by atoms with E-state index in [2.05, 4.69) is 93.4 Å². The number of ether oxygens (including phenoxy) is 1. The van der Waals surface area contributed by atoms with Crippen molar-refractivity contribution in [3.8, 4) is 11.1 Å². The summed E-state index contributed by atoms with van der Waals surface area (Å²) in [5.74, 6) is -0.345. The number of fused-ring (bicyclic) bond motifs is 3. The highest BCUT2D eigenvalue weighted by Gasteiger charge is 2.42. The molecular weight excluding hydrogens is 635 g/mol. The third-order valence-corrected chi connectivity index (χ3v) is 11.2. The third kappa shape index (κ3) is 8.27. The molecule has 0 amide bonds. The van der Waals surface area contributed by atoms with Crippen LogP contribution in [0.5, 0.6) is 0 Å². The fourth-order valence-corrected chi connectivity index (χ4v) is 7.78. The van der Waals surface area contributed by atoms with Gasteiger partial charge in [-0.25, -0.2) is 4.79 Å². The van der Waals surface area contributed by atoms with E-state index in [4.69, 9.17) is 9.57 Å². The number of rotatable bonds is 17. The summed E-state index contributed by atoms with van der Waals surface area (Å²) in [4.78, 5) is 37.8. The number of nitrogens with zero attached hydrogens (tertiary/aromatic N) is 3. The topological polar surface area (TPSA) is 71.4 Å². The number of benzene rings is 3. The van der Waals surface area contributed by atoms with Crippen LogP contribution in [0.2, 0.25) is 0 Å². The lowest BCUT2D eigenvalue weighted by Gasteiger charge is -2.39. The zero-order chi connectivity index (χ0) is 36.6. The lowest BCUT2D eigenvalue weighted by molar-refractivity contribution is -0.00430. The summed E-state index contributed by atoms with van der Waals surface area (Å²) >= 11 is 0. The molecule has 0 saturated carbocycles. The van der Waals surface area contributed by atoms with Crippen LogP contribution in [0, 0.1) is 0 Å². The van der Waals surface area contributed by atoms with Crippen molar-refractivity contribution in [2.45, 2.75) is 97.6 Å². The van der Waals surface area contributed by atoms with Gasteiger partial charge in [-0.15, -0.1) is 6.58 Å². The second-order valence-electron chi connectivity index (χ2n) is 14.6. The van der Waals surface area contributed by atoms with Gasteiger partial charge < -0.3 is 9.57 Å². The minimum Gasteiger partial charge on any atom is -0.379 e. The molecule has 1 heterocycles. The predicted octanol–water partition coefficient (Wildman–Crippen LogP) is 9.22. The Balaban J connectivity index is 1.61. The fourth-order valence-electron chi connectivity index (χ4n) is 7.78. The number of oxime groups is 1. The fraction of sp³-hybridized carbons (Fsp3) is 0.477. The average Bonchev–Trinajstić information content (AvgIpc) is 3.42. The largest absolute Gasteiger partial charge is 0.379 e. The highest BCUT2D eigenvalue weighted by Crippen LogP contribution is 2.53. The number of hydrogen-bond donors (Lipinski definition) is 0. The lowest BCUT2D eigenvalue weighted by Crippen LogP contribution is -2.54. The first-order chi connectivity index (χ1) is 24.6. The molecule has 0 radical (unpaired) electrons. The summed E-state index contributed by atoms with van der Waals surface area (Å²) in [5, 5.41) is 4.51. The van der Waals surface area contributed by atoms with Crippen molar-refractivity contribution in [3.63, 3.8) is 0 Å². The molecule has 1 aliphatic heterocycles. The molecule has 1 unspecified atom stereocenters. The second kappa shape index (κ2) is 17.1. The Labute approximate surface area is 305 Å². The van der Waals surface area contributed by atoms with Crippen molar-refractivity contribution in [3.05, 3.63) is 107 Å². The van der Waals surface area contributed by atoms with Crippen molar-refractivity contribution in [1.82, 2.24) is 9.80 Å². The van der Waals surface area contributed by atoms with E-state index < -0.39 is 11.5 Å². The minimum absolute atomic E-state index is 0.130. The maximum absolute atomic E-state index is 14.6. The van der Waals surface area contributed by atoms with Crippen LogP contribution in [-0.2, 0) is 21.5 Å². The molecule has 5 rings (SSSR count). The zero-order valence-corrected chi connectivity index (χ0v) is 31.7. The molecule has 1 aliphatic carbocycles. The van der Waals surface area contributed by atoms with Crippen molar-refractivity contribution >= 4 is 17.5 Å². The van der Waals surface area contributed by atoms with E-state index in [-0.39, 0.29) is 11.2 Å². The van der Waals surface area contributed by atoms with E-state index in [1.165, 1.54) is 16.7 Å². The van der Waals surface area contributed by atoms with Gasteiger partial charge in [-0.1, -0.05) is 75.7 Å². The van der Waals surface area contributed by atoms with Gasteiger partial charge in [0.05, 0.1) is 30.0 Å². The highest BCUT2D eigenvalue weighted by molar-refractivity contribution is 6.06. The standard InChI is InChI=1S/C44H57N3O4/c1-8-12-13-14-18-21-39(45-51-42(49)32-19-16-15-17-20-32)33-22-23-38-36(29-33)37-30-34(41(48)43(5,6)47-24-26-50-27-25-47)28-35(31-46(10-3)11-4)40(37)44(38,7)9-2/h8,15-17,19-20,22-23,28-30H,1,9-14,18,21,24-27,31H2,2-7H3/b45-39+. The first-order valence-electron chi connectivity index (χ1n) is 19.0. The number of unbranched alkanes of at least 4 members (excludes halogenated alkanes) is 3. The molecule has 0 aromatic heterocycles. The number of hydrogen-bond acceptors (Lipinski definition) is 7. The molecule has 0 N–H and O–H groups in total. The van der Waals surface area contributed by atoms with Crippen LogP contribution < -0.4 is 0 Å². The molecule has 7 nitrogen and oxygen atoms in total. The molecule has 0 spiro atoms. The van der Waals surface area contributed by atoms with Crippen molar-refractivity contribution in [2.75, 3.05) is 39.4 Å². The molecule has 3 aromatic rings. The monoisotopic (exact) mass is 691 g/mol. The Bertz CT molecular complexity index is 1720. The Kier molecular flexibility index (Phi) is 12.8. The van der Waals surface area contributed by atoms with Gasteiger partial charge in [-0.05, 0) is 123 Å². The molecule has 1 saturated heterocycles. The summed E-state index contributed by atoms with van der Waals surface area (Å²) in [7, 11) is 0. The van der Waals surface area contributed by atoms with E-state index in [0.717, 1.165) is 92.8 Å². The van der Waals surface area contributed by atoms with E-state index in [9.17, 15) is 9.59 Å². The van der Waals surface area contributed by atoms with Gasteiger partial charge in [0.1, 0.15) is 0 Å². The number of ketones is 1. The third-order valence-electron chi connectivity index (χ3n) is 11.2. The van der Waals surface area contributed by atoms with Crippen LogP contribution in [0.15, 0.2) is 78.5 Å². The first-order valence-corrected chi connectivity index (χ1v) is 19.0. The van der Waals surface area contributed by atoms with Crippen molar-refractivity contribution in [2.24, 2.45) is 5.16 Å². The first kappa shape index (κ1) is 38.3. The van der Waals surface area contributed by atoms with Gasteiger partial charge in [0, 0.05) is 30.6 Å². The van der Waals surface area contributed by atoms with Crippen LogP contribution in [0.25, 0.3) is 11.1 Å². The SMILES string of the molecule is C=CCCCCC/C(=N\OC(=O)c1ccccc1)c1ccc2c(c1)-c1cc(C(=O)C(C)(C)N3CCOCC3)cc(CN(CC)CC)c1C2(C)CC.